The van der Waals surface area contributed by atoms with E-state index in [-0.39, 0.29) is 11.6 Å². The number of nitrogens with two attached hydrogens (primary N) is 1. The van der Waals surface area contributed by atoms with Crippen molar-refractivity contribution >= 4 is 17.8 Å². The lowest BCUT2D eigenvalue weighted by Crippen LogP contribution is -2.51. The van der Waals surface area contributed by atoms with E-state index in [4.69, 9.17) is 15.2 Å². The minimum absolute atomic E-state index is 0.261. The first-order valence-corrected chi connectivity index (χ1v) is 7.74. The number of rotatable bonds is 4. The highest BCUT2D eigenvalue weighted by Crippen LogP contribution is 2.29. The van der Waals surface area contributed by atoms with Crippen molar-refractivity contribution in [3.05, 3.63) is 11.8 Å². The predicted molar refractivity (Wildman–Crippen MR) is 87.5 cm³/mol. The maximum absolute atomic E-state index is 12.5. The molecule has 1 saturated heterocycles. The van der Waals surface area contributed by atoms with Gasteiger partial charge in [0, 0.05) is 6.54 Å². The number of aromatic nitrogens is 2. The average Bonchev–Trinajstić information content (AvgIpc) is 2.98. The monoisotopic (exact) mass is 339 g/mol. The lowest BCUT2D eigenvalue weighted by molar-refractivity contribution is -0.0620. The van der Waals surface area contributed by atoms with Crippen molar-refractivity contribution in [1.29, 1.82) is 0 Å². The number of nitrogens with one attached hydrogen (secondary N) is 2. The van der Waals surface area contributed by atoms with Gasteiger partial charge in [-0.05, 0) is 34.6 Å². The van der Waals surface area contributed by atoms with Crippen LogP contribution in [0, 0.1) is 0 Å². The molecule has 1 aromatic heterocycles. The summed E-state index contributed by atoms with van der Waals surface area (Å²) in [4.78, 5) is 25.4. The lowest BCUT2D eigenvalue weighted by atomic mass is 10.2. The average molecular weight is 339 g/mol. The normalized spacial score (nSPS) is 20.0. The number of ether oxygens (including phenoxy) is 2. The molecule has 0 saturated carbocycles. The van der Waals surface area contributed by atoms with E-state index in [9.17, 15) is 9.59 Å². The molecule has 2 amide bonds. The van der Waals surface area contributed by atoms with Gasteiger partial charge in [0.1, 0.15) is 22.7 Å². The number of hydrogen-bond donors (Lipinski definition) is 3. The van der Waals surface area contributed by atoms with Crippen LogP contribution < -0.4 is 11.1 Å². The van der Waals surface area contributed by atoms with E-state index in [1.54, 1.807) is 4.90 Å². The van der Waals surface area contributed by atoms with Crippen molar-refractivity contribution in [2.75, 3.05) is 18.5 Å². The minimum atomic E-state index is -0.783. The molecule has 0 aromatic carbocycles. The van der Waals surface area contributed by atoms with Crippen LogP contribution in [0.3, 0.4) is 0 Å². The molecular formula is C15H25N5O4. The van der Waals surface area contributed by atoms with Crippen LogP contribution in [-0.2, 0) is 9.47 Å². The van der Waals surface area contributed by atoms with Gasteiger partial charge in [-0.1, -0.05) is 0 Å². The standard InChI is InChI=1S/C15H25N5O4/c1-14(2,3)24-13(22)20-9(8-23-15(20,4)5)6-17-12-10(11(16)21)7-18-19-12/h7,9H,6,8H2,1-5H3,(H2,16,21)(H2,17,18,19)/t9-/m0/s1. The van der Waals surface area contributed by atoms with Crippen molar-refractivity contribution in [3.63, 3.8) is 0 Å². The highest BCUT2D eigenvalue weighted by atomic mass is 16.6. The van der Waals surface area contributed by atoms with Gasteiger partial charge in [0.2, 0.25) is 0 Å². The summed E-state index contributed by atoms with van der Waals surface area (Å²) in [5, 5.41) is 9.53. The molecule has 134 valence electrons. The van der Waals surface area contributed by atoms with Crippen LogP contribution >= 0.6 is 0 Å². The fourth-order valence-electron chi connectivity index (χ4n) is 2.54. The fraction of sp³-hybridized carbons (Fsp3) is 0.667. The number of aromatic amines is 1. The van der Waals surface area contributed by atoms with Crippen LogP contribution in [0.15, 0.2) is 6.20 Å². The summed E-state index contributed by atoms with van der Waals surface area (Å²) in [6.45, 7) is 9.75. The van der Waals surface area contributed by atoms with Crippen LogP contribution in [-0.4, -0.2) is 57.6 Å². The van der Waals surface area contributed by atoms with E-state index >= 15 is 0 Å². The van der Waals surface area contributed by atoms with Crippen molar-refractivity contribution in [3.8, 4) is 0 Å². The van der Waals surface area contributed by atoms with Crippen molar-refractivity contribution < 1.29 is 19.1 Å². The van der Waals surface area contributed by atoms with Crippen molar-refractivity contribution in [2.24, 2.45) is 5.73 Å². The number of hydrogen-bond acceptors (Lipinski definition) is 6. The van der Waals surface area contributed by atoms with E-state index in [0.717, 1.165) is 0 Å². The molecule has 4 N–H and O–H groups in total. The van der Waals surface area contributed by atoms with Gasteiger partial charge in [-0.25, -0.2) is 4.79 Å². The summed E-state index contributed by atoms with van der Waals surface area (Å²) in [5.41, 5.74) is 4.16. The first-order valence-electron chi connectivity index (χ1n) is 7.74. The molecule has 1 aliphatic heterocycles. The Labute approximate surface area is 140 Å². The molecule has 0 spiro atoms. The molecule has 1 fully saturated rings. The van der Waals surface area contributed by atoms with Gasteiger partial charge in [-0.3, -0.25) is 14.8 Å². The van der Waals surface area contributed by atoms with Crippen molar-refractivity contribution in [1.82, 2.24) is 15.1 Å². The van der Waals surface area contributed by atoms with E-state index in [1.165, 1.54) is 6.20 Å². The molecule has 2 rings (SSSR count). The Balaban J connectivity index is 2.09. The molecule has 0 bridgehead atoms. The third kappa shape index (κ3) is 3.97. The zero-order valence-electron chi connectivity index (χ0n) is 14.7. The Morgan fingerprint density at radius 2 is 2.21 bits per heavy atom. The number of anilines is 1. The second-order valence-corrected chi connectivity index (χ2v) is 7.17. The van der Waals surface area contributed by atoms with Crippen LogP contribution in [0.2, 0.25) is 0 Å². The van der Waals surface area contributed by atoms with E-state index in [2.05, 4.69) is 15.5 Å². The first-order chi connectivity index (χ1) is 11.0. The summed E-state index contributed by atoms with van der Waals surface area (Å²) in [5.74, 6) is -0.172. The Bertz CT molecular complexity index is 620. The molecule has 0 aliphatic carbocycles. The molecule has 2 heterocycles. The third-order valence-corrected chi connectivity index (χ3v) is 3.58. The highest BCUT2D eigenvalue weighted by molar-refractivity contribution is 5.97. The maximum atomic E-state index is 12.5. The Morgan fingerprint density at radius 3 is 2.79 bits per heavy atom. The quantitative estimate of drug-likeness (QED) is 0.760. The molecule has 9 nitrogen and oxygen atoms in total. The van der Waals surface area contributed by atoms with Gasteiger partial charge in [0.05, 0.1) is 18.8 Å². The highest BCUT2D eigenvalue weighted by Gasteiger charge is 2.45. The second-order valence-electron chi connectivity index (χ2n) is 7.17. The van der Waals surface area contributed by atoms with Crippen LogP contribution in [0.25, 0.3) is 0 Å². The molecule has 1 aliphatic rings. The van der Waals surface area contributed by atoms with E-state index in [0.29, 0.717) is 19.0 Å². The minimum Gasteiger partial charge on any atom is -0.444 e. The summed E-state index contributed by atoms with van der Waals surface area (Å²) in [7, 11) is 0. The third-order valence-electron chi connectivity index (χ3n) is 3.58. The molecule has 1 aromatic rings. The summed E-state index contributed by atoms with van der Waals surface area (Å²) >= 11 is 0. The molecule has 0 unspecified atom stereocenters. The molecule has 0 radical (unpaired) electrons. The van der Waals surface area contributed by atoms with Gasteiger partial charge in [0.15, 0.2) is 0 Å². The second kappa shape index (κ2) is 6.31. The number of amides is 2. The van der Waals surface area contributed by atoms with Crippen LogP contribution in [0.5, 0.6) is 0 Å². The van der Waals surface area contributed by atoms with Gasteiger partial charge >= 0.3 is 6.09 Å². The molecule has 1 atom stereocenters. The lowest BCUT2D eigenvalue weighted by Gasteiger charge is -2.35. The zero-order valence-corrected chi connectivity index (χ0v) is 14.7. The summed E-state index contributed by atoms with van der Waals surface area (Å²) in [6, 6.07) is -0.265. The number of carbonyl (C=O) groups is 2. The largest absolute Gasteiger partial charge is 0.444 e. The van der Waals surface area contributed by atoms with Crippen LogP contribution in [0.4, 0.5) is 10.6 Å². The topological polar surface area (TPSA) is 123 Å². The van der Waals surface area contributed by atoms with Gasteiger partial charge < -0.3 is 20.5 Å². The SMILES string of the molecule is CC(C)(C)OC(=O)N1[C@@H](CNc2[nH]ncc2C(N)=O)COC1(C)C. The molecule has 9 heteroatoms. The maximum Gasteiger partial charge on any atom is 0.412 e. The van der Waals surface area contributed by atoms with Crippen molar-refractivity contribution in [2.45, 2.75) is 52.0 Å². The summed E-state index contributed by atoms with van der Waals surface area (Å²) in [6.07, 6.45) is 0.905. The van der Waals surface area contributed by atoms with Gasteiger partial charge in [-0.15, -0.1) is 0 Å². The Hall–Kier alpha value is -2.29. The molecule has 24 heavy (non-hydrogen) atoms. The van der Waals surface area contributed by atoms with Gasteiger partial charge in [0.25, 0.3) is 5.91 Å². The smallest absolute Gasteiger partial charge is 0.412 e. The van der Waals surface area contributed by atoms with E-state index < -0.39 is 23.3 Å². The molecular weight excluding hydrogens is 314 g/mol. The number of nitrogens with zero attached hydrogens (tertiary/aromatic N) is 2. The van der Waals surface area contributed by atoms with Gasteiger partial charge in [-0.2, -0.15) is 5.10 Å². The summed E-state index contributed by atoms with van der Waals surface area (Å²) < 4.78 is 11.2. The Morgan fingerprint density at radius 1 is 1.54 bits per heavy atom. The first kappa shape index (κ1) is 18.1. The zero-order chi connectivity index (χ0) is 18.1. The number of carbonyl (C=O) groups excluding carboxylic acids is 2. The number of H-pyrrole nitrogens is 1. The predicted octanol–water partition coefficient (Wildman–Crippen LogP) is 1.29. The number of primary amides is 1. The Kier molecular flexibility index (Phi) is 4.75. The van der Waals surface area contributed by atoms with Crippen LogP contribution in [0.1, 0.15) is 45.0 Å². The van der Waals surface area contributed by atoms with E-state index in [1.807, 2.05) is 34.6 Å². The fourth-order valence-corrected chi connectivity index (χ4v) is 2.54.